The van der Waals surface area contributed by atoms with Crippen molar-refractivity contribution in [2.24, 2.45) is 0 Å². The van der Waals surface area contributed by atoms with Gasteiger partial charge >= 0.3 is 17.9 Å². The molecule has 0 saturated heterocycles. The molecule has 2 atom stereocenters. The van der Waals surface area contributed by atoms with Gasteiger partial charge in [0.15, 0.2) is 0 Å². The number of nitrogens with one attached hydrogen (secondary N) is 3. The van der Waals surface area contributed by atoms with Gasteiger partial charge in [-0.25, -0.2) is 14.4 Å². The summed E-state index contributed by atoms with van der Waals surface area (Å²) in [5.74, 6) is -6.78. The van der Waals surface area contributed by atoms with E-state index in [1.54, 1.807) is 12.1 Å². The highest BCUT2D eigenvalue weighted by Gasteiger charge is 2.41. The van der Waals surface area contributed by atoms with Gasteiger partial charge in [0.05, 0.1) is 11.1 Å². The van der Waals surface area contributed by atoms with Crippen LogP contribution in [0.15, 0.2) is 97.1 Å². The molecule has 0 aliphatic rings. The average molecular weight is 699 g/mol. The van der Waals surface area contributed by atoms with E-state index in [0.29, 0.717) is 21.3 Å². The van der Waals surface area contributed by atoms with Crippen LogP contribution in [-0.2, 0) is 19.1 Å². The molecule has 0 unspecified atom stereocenters. The molecule has 12 nitrogen and oxygen atoms in total. The molecule has 3 amide bonds. The molecular formula is C32H22Cl3N3O9. The van der Waals surface area contributed by atoms with E-state index < -0.39 is 47.8 Å². The largest absolute Gasteiger partial charge is 0.478 e. The second-order valence-corrected chi connectivity index (χ2v) is 10.8. The third kappa shape index (κ3) is 9.53. The Kier molecular flexibility index (Phi) is 11.5. The minimum Gasteiger partial charge on any atom is -0.478 e. The van der Waals surface area contributed by atoms with Crippen molar-refractivity contribution in [2.75, 3.05) is 5.32 Å². The number of carbonyl (C=O) groups excluding carboxylic acids is 5. The van der Waals surface area contributed by atoms with Crippen molar-refractivity contribution in [3.63, 3.8) is 0 Å². The number of benzene rings is 4. The highest BCUT2D eigenvalue weighted by Crippen LogP contribution is 2.17. The maximum absolute atomic E-state index is 13.2. The van der Waals surface area contributed by atoms with Crippen LogP contribution in [0.5, 0.6) is 0 Å². The topological polar surface area (TPSA) is 177 Å². The lowest BCUT2D eigenvalue weighted by atomic mass is 10.1. The number of carboxylic acids is 1. The average Bonchev–Trinajstić information content (AvgIpc) is 3.06. The smallest absolute Gasteiger partial charge is 0.349 e. The summed E-state index contributed by atoms with van der Waals surface area (Å²) < 4.78 is 10.2. The van der Waals surface area contributed by atoms with Crippen LogP contribution in [0, 0.1) is 0 Å². The van der Waals surface area contributed by atoms with Gasteiger partial charge in [0.2, 0.25) is 12.2 Å². The van der Waals surface area contributed by atoms with Crippen LogP contribution in [0.2, 0.25) is 15.1 Å². The molecule has 47 heavy (non-hydrogen) atoms. The molecule has 0 aromatic heterocycles. The Morgan fingerprint density at radius 2 is 0.894 bits per heavy atom. The lowest BCUT2D eigenvalue weighted by molar-refractivity contribution is -0.159. The van der Waals surface area contributed by atoms with Crippen molar-refractivity contribution in [1.82, 2.24) is 10.9 Å². The monoisotopic (exact) mass is 697 g/mol. The normalized spacial score (nSPS) is 11.7. The fraction of sp³-hybridized carbons (Fsp3) is 0.0625. The minimum absolute atomic E-state index is 0.0217. The lowest BCUT2D eigenvalue weighted by Gasteiger charge is -2.23. The molecule has 4 N–H and O–H groups in total. The maximum atomic E-state index is 13.2. The summed E-state index contributed by atoms with van der Waals surface area (Å²) >= 11 is 17.5. The Balaban J connectivity index is 1.47. The molecule has 4 rings (SSSR count). The van der Waals surface area contributed by atoms with Crippen LogP contribution in [0.1, 0.15) is 41.4 Å². The summed E-state index contributed by atoms with van der Waals surface area (Å²) in [6.07, 6.45) is -4.63. The van der Waals surface area contributed by atoms with E-state index in [2.05, 4.69) is 10.7 Å². The molecule has 240 valence electrons. The summed E-state index contributed by atoms with van der Waals surface area (Å²) in [4.78, 5) is 76.1. The van der Waals surface area contributed by atoms with Crippen molar-refractivity contribution in [1.29, 1.82) is 0 Å². The van der Waals surface area contributed by atoms with E-state index in [9.17, 15) is 33.9 Å². The van der Waals surface area contributed by atoms with Gasteiger partial charge in [-0.3, -0.25) is 25.2 Å². The molecule has 0 aliphatic heterocycles. The molecule has 0 bridgehead atoms. The zero-order chi connectivity index (χ0) is 34.1. The molecule has 0 fully saturated rings. The van der Waals surface area contributed by atoms with E-state index in [1.807, 2.05) is 5.43 Å². The van der Waals surface area contributed by atoms with Crippen LogP contribution in [0.25, 0.3) is 0 Å². The van der Waals surface area contributed by atoms with Crippen molar-refractivity contribution in [3.8, 4) is 0 Å². The predicted octanol–water partition coefficient (Wildman–Crippen LogP) is 5.20. The first kappa shape index (κ1) is 34.4. The summed E-state index contributed by atoms with van der Waals surface area (Å²) in [6, 6.07) is 22.2. The predicted molar refractivity (Wildman–Crippen MR) is 170 cm³/mol. The van der Waals surface area contributed by atoms with E-state index in [4.69, 9.17) is 44.3 Å². The number of halogens is 3. The first-order valence-corrected chi connectivity index (χ1v) is 14.5. The highest BCUT2D eigenvalue weighted by atomic mass is 35.5. The number of hydrogen-bond donors (Lipinski definition) is 4. The standard InChI is InChI=1S/C32H22Cl3N3O9/c33-21-9-1-17(2-10-21)27(39)36-24-15-7-18(8-16-24)28(40)37-38-29(41)25(46-31(44)19-3-11-22(34)12-4-19)26(30(42)43)47-32(45)20-5-13-23(35)14-6-20/h1-16,25-26H,(H,36,39)(H,37,40)(H,38,41)(H,42,43)/t25-,26+/m1/s1. The molecular weight excluding hydrogens is 677 g/mol. The van der Waals surface area contributed by atoms with Gasteiger partial charge in [-0.2, -0.15) is 0 Å². The number of carbonyl (C=O) groups is 6. The number of ether oxygens (including phenoxy) is 2. The molecule has 0 radical (unpaired) electrons. The van der Waals surface area contributed by atoms with Crippen LogP contribution in [0.4, 0.5) is 5.69 Å². The van der Waals surface area contributed by atoms with Crippen molar-refractivity contribution < 1.29 is 43.3 Å². The van der Waals surface area contributed by atoms with Crippen molar-refractivity contribution in [3.05, 3.63) is 134 Å². The van der Waals surface area contributed by atoms with E-state index in [0.717, 1.165) is 0 Å². The third-order valence-electron chi connectivity index (χ3n) is 6.22. The number of amides is 3. The number of anilines is 1. The van der Waals surface area contributed by atoms with Crippen LogP contribution < -0.4 is 16.2 Å². The first-order valence-electron chi connectivity index (χ1n) is 13.3. The summed E-state index contributed by atoms with van der Waals surface area (Å²) in [6.45, 7) is 0. The molecule has 0 heterocycles. The Morgan fingerprint density at radius 3 is 1.34 bits per heavy atom. The number of rotatable bonds is 10. The Morgan fingerprint density at radius 1 is 0.511 bits per heavy atom. The van der Waals surface area contributed by atoms with Gasteiger partial charge in [0.1, 0.15) is 0 Å². The maximum Gasteiger partial charge on any atom is 0.349 e. The third-order valence-corrected chi connectivity index (χ3v) is 6.97. The first-order chi connectivity index (χ1) is 22.4. The number of aliphatic carboxylic acids is 1. The summed E-state index contributed by atoms with van der Waals surface area (Å²) in [7, 11) is 0. The second kappa shape index (κ2) is 15.7. The zero-order valence-corrected chi connectivity index (χ0v) is 26.0. The number of hydrogen-bond acceptors (Lipinski definition) is 8. The van der Waals surface area contributed by atoms with E-state index in [1.165, 1.54) is 84.9 Å². The zero-order valence-electron chi connectivity index (χ0n) is 23.7. The molecule has 4 aromatic carbocycles. The van der Waals surface area contributed by atoms with Gasteiger partial charge in [0, 0.05) is 31.9 Å². The van der Waals surface area contributed by atoms with Gasteiger partial charge in [-0.05, 0) is 97.1 Å². The second-order valence-electron chi connectivity index (χ2n) is 9.49. The molecule has 0 spiro atoms. The fourth-order valence-corrected chi connectivity index (χ4v) is 4.18. The molecule has 0 saturated carbocycles. The van der Waals surface area contributed by atoms with Gasteiger partial charge in [-0.15, -0.1) is 0 Å². The number of hydrazine groups is 1. The Bertz CT molecular complexity index is 1800. The molecule has 4 aromatic rings. The quantitative estimate of drug-likeness (QED) is 0.128. The highest BCUT2D eigenvalue weighted by molar-refractivity contribution is 6.31. The van der Waals surface area contributed by atoms with E-state index >= 15 is 0 Å². The van der Waals surface area contributed by atoms with Gasteiger partial charge < -0.3 is 19.9 Å². The van der Waals surface area contributed by atoms with Crippen LogP contribution in [-0.4, -0.2) is 52.9 Å². The Labute approximate surface area is 281 Å². The van der Waals surface area contributed by atoms with Crippen molar-refractivity contribution in [2.45, 2.75) is 12.2 Å². The van der Waals surface area contributed by atoms with E-state index in [-0.39, 0.29) is 21.7 Å². The molecule has 15 heteroatoms. The lowest BCUT2D eigenvalue weighted by Crippen LogP contribution is -2.54. The number of carboxylic acid groups (broad SMARTS) is 1. The minimum atomic E-state index is -2.35. The number of esters is 2. The van der Waals surface area contributed by atoms with Gasteiger partial charge in [-0.1, -0.05) is 34.8 Å². The van der Waals surface area contributed by atoms with Gasteiger partial charge in [0.25, 0.3) is 17.7 Å². The summed E-state index contributed by atoms with van der Waals surface area (Å²) in [5, 5.41) is 13.6. The Hall–Kier alpha value is -5.43. The SMILES string of the molecule is O=C(NNC(=O)[C@H](OC(=O)c1ccc(Cl)cc1)[C@H](OC(=O)c1ccc(Cl)cc1)C(=O)O)c1ccc(NC(=O)c2ccc(Cl)cc2)cc1. The summed E-state index contributed by atoms with van der Waals surface area (Å²) in [5.41, 5.74) is 4.58. The van der Waals surface area contributed by atoms with Crippen LogP contribution >= 0.6 is 34.8 Å². The van der Waals surface area contributed by atoms with Crippen LogP contribution in [0.3, 0.4) is 0 Å². The molecule has 0 aliphatic carbocycles. The fourth-order valence-electron chi connectivity index (χ4n) is 3.80. The van der Waals surface area contributed by atoms with Crippen molar-refractivity contribution >= 4 is 76.1 Å².